The normalized spacial score (nSPS) is 11.2. The van der Waals surface area contributed by atoms with E-state index in [1.54, 1.807) is 0 Å². The van der Waals surface area contributed by atoms with E-state index in [4.69, 9.17) is 13.0 Å². The van der Waals surface area contributed by atoms with E-state index in [9.17, 15) is 4.79 Å². The van der Waals surface area contributed by atoms with Crippen LogP contribution in [0.3, 0.4) is 0 Å². The fourth-order valence-corrected chi connectivity index (χ4v) is 2.40. The van der Waals surface area contributed by atoms with Crippen molar-refractivity contribution in [2.24, 2.45) is 7.05 Å². The second kappa shape index (κ2) is 8.51. The molecule has 0 unspecified atom stereocenters. The van der Waals surface area contributed by atoms with Gasteiger partial charge in [-0.2, -0.15) is 0 Å². The highest BCUT2D eigenvalue weighted by molar-refractivity contribution is 7.84. The summed E-state index contributed by atoms with van der Waals surface area (Å²) in [5, 5.41) is 1.23. The number of carbonyl (C=O) groups is 1. The van der Waals surface area contributed by atoms with Crippen LogP contribution in [0.2, 0.25) is 0 Å². The van der Waals surface area contributed by atoms with Crippen LogP contribution in [0.15, 0.2) is 60.8 Å². The summed E-state index contributed by atoms with van der Waals surface area (Å²) in [7, 11) is -1.87. The lowest BCUT2D eigenvalue weighted by Crippen LogP contribution is -2.28. The summed E-state index contributed by atoms with van der Waals surface area (Å²) in [6, 6.07) is 18.0. The number of para-hydroxylation sites is 1. The molecule has 134 valence electrons. The van der Waals surface area contributed by atoms with Crippen LogP contribution in [-0.2, 0) is 17.2 Å². The van der Waals surface area contributed by atoms with Crippen molar-refractivity contribution >= 4 is 39.5 Å². The highest BCUT2D eigenvalue weighted by atomic mass is 32.2. The number of benzene rings is 2. The number of hydrogen-bond donors (Lipinski definition) is 0. The predicted octanol–water partition coefficient (Wildman–Crippen LogP) is 2.81. The molecule has 26 heavy (non-hydrogen) atoms. The van der Waals surface area contributed by atoms with Gasteiger partial charge >= 0.3 is 0 Å². The molecule has 0 fully saturated rings. The highest BCUT2D eigenvalue weighted by Gasteiger charge is 2.06. The number of carbonyl (C=O) groups excluding carboxylic acids is 1. The Morgan fingerprint density at radius 1 is 0.923 bits per heavy atom. The largest absolute Gasteiger partial charge is 0.748 e. The van der Waals surface area contributed by atoms with Gasteiger partial charge in [0.2, 0.25) is 5.52 Å². The van der Waals surface area contributed by atoms with Crippen molar-refractivity contribution in [1.29, 1.82) is 0 Å². The van der Waals surface area contributed by atoms with Crippen LogP contribution in [-0.4, -0.2) is 25.5 Å². The van der Waals surface area contributed by atoms with E-state index in [0.29, 0.717) is 11.8 Å². The van der Waals surface area contributed by atoms with Crippen molar-refractivity contribution < 1.29 is 22.3 Å². The second-order valence-corrected chi connectivity index (χ2v) is 7.13. The van der Waals surface area contributed by atoms with E-state index in [-0.39, 0.29) is 0 Å². The molecule has 0 bridgehead atoms. The van der Waals surface area contributed by atoms with Gasteiger partial charge in [-0.25, -0.2) is 13.0 Å². The Morgan fingerprint density at radius 3 is 2.12 bits per heavy atom. The third-order valence-electron chi connectivity index (χ3n) is 3.60. The number of nitrogens with zero attached hydrogens (tertiary/aromatic N) is 1. The van der Waals surface area contributed by atoms with Gasteiger partial charge < -0.3 is 4.55 Å². The van der Waals surface area contributed by atoms with E-state index in [1.165, 1.54) is 16.5 Å². The van der Waals surface area contributed by atoms with Crippen molar-refractivity contribution in [2.75, 3.05) is 6.26 Å². The number of aryl methyl sites for hydroxylation is 1. The molecule has 0 saturated heterocycles. The Labute approximate surface area is 153 Å². The Bertz CT molecular complexity index is 1030. The number of pyridine rings is 1. The Balaban J connectivity index is 0.000000431. The lowest BCUT2D eigenvalue weighted by Gasteiger charge is -2.01. The molecule has 5 nitrogen and oxygen atoms in total. The zero-order chi connectivity index (χ0) is 19.2. The van der Waals surface area contributed by atoms with Gasteiger partial charge in [0.1, 0.15) is 13.3 Å². The van der Waals surface area contributed by atoms with Crippen molar-refractivity contribution in [1.82, 2.24) is 0 Å². The molecule has 0 spiro atoms. The molecule has 0 radical (unpaired) electrons. The Morgan fingerprint density at radius 2 is 1.50 bits per heavy atom. The number of aromatic nitrogens is 1. The topological polar surface area (TPSA) is 78.2 Å². The molecule has 2 aromatic carbocycles. The summed E-state index contributed by atoms with van der Waals surface area (Å²) < 4.78 is 29.3. The molecule has 6 heteroatoms. The maximum absolute atomic E-state index is 10.7. The van der Waals surface area contributed by atoms with Gasteiger partial charge in [0.15, 0.2) is 6.20 Å². The predicted molar refractivity (Wildman–Crippen MR) is 102 cm³/mol. The molecule has 3 rings (SSSR count). The number of fused-ring (bicyclic) bond motifs is 1. The standard InChI is InChI=1S/C19H16NO.CH4O3S/c1-20-13-12-17(18-4-2-3-5-19(18)20)11-10-15-6-8-16(14-21)9-7-15;1-5(2,3)4/h2-14H,1H3;1H3,(H,2,3,4)/q+1;/p-1. The average Bonchev–Trinajstić information content (AvgIpc) is 2.60. The average molecular weight is 369 g/mol. The van der Waals surface area contributed by atoms with Gasteiger partial charge in [0.25, 0.3) is 0 Å². The van der Waals surface area contributed by atoms with Gasteiger partial charge in [0.05, 0.1) is 15.5 Å². The van der Waals surface area contributed by atoms with Gasteiger partial charge in [-0.15, -0.1) is 0 Å². The third-order valence-corrected chi connectivity index (χ3v) is 3.60. The molecule has 3 aromatic rings. The molecule has 0 saturated carbocycles. The Hall–Kier alpha value is -2.83. The summed E-state index contributed by atoms with van der Waals surface area (Å²) in [5.74, 6) is 0. The number of rotatable bonds is 3. The molecule has 1 aromatic heterocycles. The van der Waals surface area contributed by atoms with Crippen LogP contribution in [0.1, 0.15) is 21.5 Å². The number of aldehydes is 1. The van der Waals surface area contributed by atoms with E-state index in [0.717, 1.165) is 11.8 Å². The third kappa shape index (κ3) is 5.91. The molecule has 0 atom stereocenters. The lowest BCUT2D eigenvalue weighted by molar-refractivity contribution is -0.644. The number of hydrogen-bond acceptors (Lipinski definition) is 4. The van der Waals surface area contributed by atoms with Crippen LogP contribution in [0, 0.1) is 0 Å². The first kappa shape index (κ1) is 19.5. The summed E-state index contributed by atoms with van der Waals surface area (Å²) in [6.45, 7) is 0. The van der Waals surface area contributed by atoms with E-state index in [2.05, 4.69) is 47.2 Å². The van der Waals surface area contributed by atoms with Gasteiger partial charge in [0, 0.05) is 24.0 Å². The first-order valence-corrected chi connectivity index (χ1v) is 9.61. The van der Waals surface area contributed by atoms with Gasteiger partial charge in [-0.05, 0) is 17.2 Å². The molecule has 0 aliphatic rings. The molecule has 0 aliphatic heterocycles. The first-order chi connectivity index (χ1) is 12.3. The SMILES string of the molecule is CS(=O)(=O)[O-].C[n+]1ccc(C=Cc2ccc(C=O)cc2)c2ccccc21. The fraction of sp³-hybridized carbons (Fsp3) is 0.100. The van der Waals surface area contributed by atoms with Gasteiger partial charge in [-0.3, -0.25) is 4.79 Å². The monoisotopic (exact) mass is 369 g/mol. The van der Waals surface area contributed by atoms with Crippen LogP contribution in [0.4, 0.5) is 0 Å². The Kier molecular flexibility index (Phi) is 6.38. The van der Waals surface area contributed by atoms with Gasteiger partial charge in [-0.1, -0.05) is 48.6 Å². The minimum absolute atomic E-state index is 0.604. The fourth-order valence-electron chi connectivity index (χ4n) is 2.40. The first-order valence-electron chi connectivity index (χ1n) is 7.79. The smallest absolute Gasteiger partial charge is 0.212 e. The highest BCUT2D eigenvalue weighted by Crippen LogP contribution is 2.17. The molecule has 0 amide bonds. The van der Waals surface area contributed by atoms with Crippen LogP contribution in [0.5, 0.6) is 0 Å². The molecular formula is C20H19NO4S. The zero-order valence-corrected chi connectivity index (χ0v) is 15.3. The summed E-state index contributed by atoms with van der Waals surface area (Å²) in [4.78, 5) is 10.7. The molecule has 0 N–H and O–H groups in total. The quantitative estimate of drug-likeness (QED) is 0.404. The van der Waals surface area contributed by atoms with E-state index in [1.807, 2.05) is 37.4 Å². The van der Waals surface area contributed by atoms with Crippen molar-refractivity contribution in [3.05, 3.63) is 77.5 Å². The minimum atomic E-state index is -3.92. The van der Waals surface area contributed by atoms with Crippen LogP contribution >= 0.6 is 0 Å². The van der Waals surface area contributed by atoms with Crippen LogP contribution < -0.4 is 4.57 Å². The van der Waals surface area contributed by atoms with E-state index >= 15 is 0 Å². The van der Waals surface area contributed by atoms with Crippen molar-refractivity contribution in [3.8, 4) is 0 Å². The summed E-state index contributed by atoms with van der Waals surface area (Å²) >= 11 is 0. The lowest BCUT2D eigenvalue weighted by atomic mass is 10.1. The van der Waals surface area contributed by atoms with Crippen molar-refractivity contribution in [3.63, 3.8) is 0 Å². The maximum Gasteiger partial charge on any atom is 0.212 e. The summed E-state index contributed by atoms with van der Waals surface area (Å²) in [5.41, 5.74) is 4.17. The molecule has 1 heterocycles. The second-order valence-electron chi connectivity index (χ2n) is 5.72. The molecule has 0 aliphatic carbocycles. The summed E-state index contributed by atoms with van der Waals surface area (Å²) in [6.07, 6.45) is 7.71. The van der Waals surface area contributed by atoms with Crippen LogP contribution in [0.25, 0.3) is 23.1 Å². The van der Waals surface area contributed by atoms with E-state index < -0.39 is 10.1 Å². The maximum atomic E-state index is 10.7. The zero-order valence-electron chi connectivity index (χ0n) is 14.5. The minimum Gasteiger partial charge on any atom is -0.748 e. The molecular weight excluding hydrogens is 350 g/mol. The van der Waals surface area contributed by atoms with Crippen molar-refractivity contribution in [2.45, 2.75) is 0 Å².